The first-order valence-corrected chi connectivity index (χ1v) is 19.3. The van der Waals surface area contributed by atoms with Gasteiger partial charge in [-0.1, -0.05) is 50.1 Å². The van der Waals surface area contributed by atoms with Crippen molar-refractivity contribution in [2.75, 3.05) is 32.7 Å². The average Bonchev–Trinajstić information content (AvgIpc) is 3.52. The van der Waals surface area contributed by atoms with E-state index >= 15 is 0 Å². The maximum Gasteiger partial charge on any atom is 0.410 e. The Morgan fingerprint density at radius 1 is 1.00 bits per heavy atom. The second-order valence-electron chi connectivity index (χ2n) is 13.1. The molecule has 1 saturated heterocycles. The van der Waals surface area contributed by atoms with Crippen molar-refractivity contribution in [3.8, 4) is 0 Å². The fraction of sp³-hybridized carbons (Fsp3) is 0.488. The number of piperazine rings is 1. The number of halogens is 1. The Balaban J connectivity index is 0.000000171. The van der Waals surface area contributed by atoms with Gasteiger partial charge in [0.05, 0.1) is 12.0 Å². The summed E-state index contributed by atoms with van der Waals surface area (Å²) in [5.41, 5.74) is 7.38. The van der Waals surface area contributed by atoms with Crippen molar-refractivity contribution in [2.45, 2.75) is 97.8 Å². The summed E-state index contributed by atoms with van der Waals surface area (Å²) in [6.45, 7) is 11.5. The van der Waals surface area contributed by atoms with Crippen molar-refractivity contribution in [2.24, 2.45) is 0 Å². The molecular weight excluding hydrogens is 674 g/mol. The minimum absolute atomic E-state index is 0.108. The number of pyridine rings is 2. The van der Waals surface area contributed by atoms with Gasteiger partial charge in [-0.05, 0) is 98.4 Å². The van der Waals surface area contributed by atoms with E-state index in [0.29, 0.717) is 6.54 Å². The smallest absolute Gasteiger partial charge is 0.410 e. The van der Waals surface area contributed by atoms with Crippen LogP contribution in [0.4, 0.5) is 4.79 Å². The number of imidazole rings is 1. The van der Waals surface area contributed by atoms with E-state index in [9.17, 15) is 9.59 Å². The van der Waals surface area contributed by atoms with Crippen LogP contribution >= 0.6 is 11.6 Å². The number of nitrogens with one attached hydrogen (secondary N) is 1. The zero-order valence-electron chi connectivity index (χ0n) is 31.2. The van der Waals surface area contributed by atoms with Crippen molar-refractivity contribution in [3.05, 3.63) is 112 Å². The number of fused-ring (bicyclic) bond motifs is 2. The van der Waals surface area contributed by atoms with Crippen LogP contribution in [0.5, 0.6) is 0 Å². The van der Waals surface area contributed by atoms with Crippen LogP contribution in [-0.4, -0.2) is 80.6 Å². The van der Waals surface area contributed by atoms with Crippen molar-refractivity contribution in [3.63, 3.8) is 0 Å². The molecule has 52 heavy (non-hydrogen) atoms. The summed E-state index contributed by atoms with van der Waals surface area (Å²) in [5, 5.41) is 4.05. The van der Waals surface area contributed by atoms with E-state index in [1.54, 1.807) is 17.3 Å². The molecule has 3 aromatic heterocycles. The first-order valence-electron chi connectivity index (χ1n) is 18.9. The lowest BCUT2D eigenvalue weighted by Crippen LogP contribution is -2.47. The number of ether oxygens (including phenoxy) is 1. The van der Waals surface area contributed by atoms with Gasteiger partial charge in [-0.15, -0.1) is 0 Å². The van der Waals surface area contributed by atoms with Crippen molar-refractivity contribution in [1.82, 2.24) is 34.6 Å². The van der Waals surface area contributed by atoms with Crippen LogP contribution < -0.4 is 5.32 Å². The van der Waals surface area contributed by atoms with Gasteiger partial charge in [0.1, 0.15) is 6.10 Å². The van der Waals surface area contributed by atoms with Gasteiger partial charge < -0.3 is 24.4 Å². The normalized spacial score (nSPS) is 15.0. The molecule has 0 atom stereocenters. The van der Waals surface area contributed by atoms with Crippen LogP contribution in [0.3, 0.4) is 0 Å². The van der Waals surface area contributed by atoms with Crippen LogP contribution in [-0.2, 0) is 41.9 Å². The standard InChI is InChI=1S/C14H12ClN.C14H18N4O.C11H20N2O2.C2H6/c15-13-6-5-12-9-14-10(2-1-7-16-14)3-4-11(12)8-13;1-13-9-17(11-16-13)6-3-7-18(12-19)10-14-4-2-5-15-8-14;14-11(13-8-6-12-7-9-13)15-10-4-2-1-3-5-10;1-2/h1-2,5-8H,3-4,9H2;2,4-5,8-9,11-12H,3,6-7,10H2,1H3;10,12H,1-9H2;1-2H3. The number of benzene rings is 1. The summed E-state index contributed by atoms with van der Waals surface area (Å²) >= 11 is 6.03. The maximum atomic E-state index is 11.7. The van der Waals surface area contributed by atoms with Crippen LogP contribution in [0.25, 0.3) is 0 Å². The number of amides is 2. The molecule has 0 unspecified atom stereocenters. The Labute approximate surface area is 315 Å². The Morgan fingerprint density at radius 3 is 2.48 bits per heavy atom. The molecule has 11 heteroatoms. The highest BCUT2D eigenvalue weighted by molar-refractivity contribution is 6.30. The number of carbonyl (C=O) groups excluding carboxylic acids is 2. The number of hydrogen-bond acceptors (Lipinski definition) is 7. The second-order valence-corrected chi connectivity index (χ2v) is 13.6. The highest BCUT2D eigenvalue weighted by atomic mass is 35.5. The van der Waals surface area contributed by atoms with E-state index in [2.05, 4.69) is 38.5 Å². The SMILES string of the molecule is CC.Cc1cn(CCCN(C=O)Cc2cccnc2)cn1.Clc1ccc2c(c1)CCc1cccnc1C2.O=C(OC1CCCCC1)N1CCNCC1. The Bertz CT molecular complexity index is 1620. The van der Waals surface area contributed by atoms with Crippen molar-refractivity contribution in [1.29, 1.82) is 0 Å². The Kier molecular flexibility index (Phi) is 17.6. The minimum atomic E-state index is -0.108. The highest BCUT2D eigenvalue weighted by Crippen LogP contribution is 2.25. The molecule has 1 N–H and O–H groups in total. The van der Waals surface area contributed by atoms with Gasteiger partial charge in [0, 0.05) is 87.7 Å². The molecule has 2 amide bonds. The fourth-order valence-corrected chi connectivity index (χ4v) is 6.70. The van der Waals surface area contributed by atoms with E-state index in [1.165, 1.54) is 41.6 Å². The molecule has 7 rings (SSSR count). The molecule has 1 aliphatic heterocycles. The van der Waals surface area contributed by atoms with Gasteiger partial charge in [-0.3, -0.25) is 14.8 Å². The molecule has 4 heterocycles. The number of carbonyl (C=O) groups is 2. The lowest BCUT2D eigenvalue weighted by atomic mass is 9.98. The van der Waals surface area contributed by atoms with Crippen LogP contribution in [0.1, 0.15) is 86.0 Å². The molecule has 1 aromatic carbocycles. The molecular formula is C41H56ClN7O3. The molecule has 280 valence electrons. The monoisotopic (exact) mass is 729 g/mol. The minimum Gasteiger partial charge on any atom is -0.446 e. The predicted octanol–water partition coefficient (Wildman–Crippen LogP) is 7.45. The van der Waals surface area contributed by atoms with E-state index in [4.69, 9.17) is 16.3 Å². The van der Waals surface area contributed by atoms with Gasteiger partial charge in [0.15, 0.2) is 0 Å². The summed E-state index contributed by atoms with van der Waals surface area (Å²) in [4.78, 5) is 39.0. The summed E-state index contributed by atoms with van der Waals surface area (Å²) < 4.78 is 7.53. The number of aromatic nitrogens is 4. The molecule has 2 fully saturated rings. The predicted molar refractivity (Wildman–Crippen MR) is 207 cm³/mol. The largest absolute Gasteiger partial charge is 0.446 e. The average molecular weight is 730 g/mol. The zero-order chi connectivity index (χ0) is 37.0. The van der Waals surface area contributed by atoms with Crippen molar-refractivity contribution < 1.29 is 14.3 Å². The van der Waals surface area contributed by atoms with Crippen molar-refractivity contribution >= 4 is 24.1 Å². The summed E-state index contributed by atoms with van der Waals surface area (Å²) in [6.07, 6.45) is 20.0. The summed E-state index contributed by atoms with van der Waals surface area (Å²) in [7, 11) is 0. The molecule has 3 aliphatic rings. The Hall–Kier alpha value is -4.28. The highest BCUT2D eigenvalue weighted by Gasteiger charge is 2.23. The van der Waals surface area contributed by atoms with E-state index in [0.717, 1.165) is 100 Å². The third-order valence-corrected chi connectivity index (χ3v) is 9.49. The third-order valence-electron chi connectivity index (χ3n) is 9.25. The lowest BCUT2D eigenvalue weighted by Gasteiger charge is -2.29. The van der Waals surface area contributed by atoms with Gasteiger partial charge in [-0.25, -0.2) is 9.78 Å². The molecule has 4 aromatic rings. The van der Waals surface area contributed by atoms with E-state index in [1.807, 2.05) is 73.2 Å². The number of hydrogen-bond donors (Lipinski definition) is 1. The number of aryl methyl sites for hydroxylation is 4. The quantitative estimate of drug-likeness (QED) is 0.188. The number of rotatable bonds is 8. The second kappa shape index (κ2) is 22.6. The molecule has 0 bridgehead atoms. The van der Waals surface area contributed by atoms with Crippen LogP contribution in [0.2, 0.25) is 5.02 Å². The third kappa shape index (κ3) is 13.7. The first kappa shape index (κ1) is 40.5. The van der Waals surface area contributed by atoms with E-state index in [-0.39, 0.29) is 12.2 Å². The molecule has 1 saturated carbocycles. The molecule has 0 radical (unpaired) electrons. The van der Waals surface area contributed by atoms with E-state index < -0.39 is 0 Å². The topological polar surface area (TPSA) is 105 Å². The zero-order valence-corrected chi connectivity index (χ0v) is 31.9. The van der Waals surface area contributed by atoms with Gasteiger partial charge in [0.2, 0.25) is 6.41 Å². The summed E-state index contributed by atoms with van der Waals surface area (Å²) in [6, 6.07) is 14.2. The molecule has 10 nitrogen and oxygen atoms in total. The molecule has 2 aliphatic carbocycles. The van der Waals surface area contributed by atoms with Crippen LogP contribution in [0, 0.1) is 6.92 Å². The molecule has 0 spiro atoms. The summed E-state index contributed by atoms with van der Waals surface area (Å²) in [5.74, 6) is 0. The van der Waals surface area contributed by atoms with Gasteiger partial charge >= 0.3 is 6.09 Å². The first-order chi connectivity index (χ1) is 25.5. The lowest BCUT2D eigenvalue weighted by molar-refractivity contribution is -0.118. The fourth-order valence-electron chi connectivity index (χ4n) is 6.50. The maximum absolute atomic E-state index is 11.7. The van der Waals surface area contributed by atoms with Crippen LogP contribution in [0.15, 0.2) is 73.6 Å². The van der Waals surface area contributed by atoms with Gasteiger partial charge in [-0.2, -0.15) is 0 Å². The Morgan fingerprint density at radius 2 is 1.77 bits per heavy atom. The van der Waals surface area contributed by atoms with Gasteiger partial charge in [0.25, 0.3) is 0 Å². The number of nitrogens with zero attached hydrogens (tertiary/aromatic N) is 6.